The molecule has 0 unspecified atom stereocenters. The summed E-state index contributed by atoms with van der Waals surface area (Å²) >= 11 is 6.10. The van der Waals surface area contributed by atoms with E-state index in [0.717, 1.165) is 0 Å². The number of carbonyl (C=O) groups is 1. The van der Waals surface area contributed by atoms with Gasteiger partial charge in [0, 0.05) is 22.3 Å². The van der Waals surface area contributed by atoms with Crippen molar-refractivity contribution in [2.45, 2.75) is 13.5 Å². The molecule has 0 heterocycles. The molecule has 0 aliphatic rings. The van der Waals surface area contributed by atoms with Crippen LogP contribution in [0.1, 0.15) is 16.7 Å². The van der Waals surface area contributed by atoms with Crippen molar-refractivity contribution in [1.29, 1.82) is 5.26 Å². The van der Waals surface area contributed by atoms with Gasteiger partial charge in [0.15, 0.2) is 0 Å². The minimum absolute atomic E-state index is 0.0988. The molecule has 5 nitrogen and oxygen atoms in total. The molecule has 0 saturated carbocycles. The average molecular weight is 451 g/mol. The number of hydrogen-bond acceptors (Lipinski definition) is 4. The number of methoxy groups -OCH3 is 1. The molecule has 32 heavy (non-hydrogen) atoms. The molecule has 0 aliphatic heterocycles. The molecule has 0 bridgehead atoms. The largest absolute Gasteiger partial charge is 0.497 e. The molecule has 0 radical (unpaired) electrons. The third-order valence-corrected chi connectivity index (χ3v) is 5.09. The normalized spacial score (nSPS) is 10.9. The topological polar surface area (TPSA) is 71.3 Å². The summed E-state index contributed by atoms with van der Waals surface area (Å²) in [6, 6.07) is 18.1. The van der Waals surface area contributed by atoms with E-state index in [9.17, 15) is 14.4 Å². The molecule has 1 amide bonds. The van der Waals surface area contributed by atoms with Crippen molar-refractivity contribution in [2.75, 3.05) is 12.4 Å². The molecular formula is C25H20ClFN2O3. The summed E-state index contributed by atoms with van der Waals surface area (Å²) in [5.74, 6) is -0.0247. The van der Waals surface area contributed by atoms with Gasteiger partial charge in [-0.1, -0.05) is 29.8 Å². The molecule has 1 N–H and O–H groups in total. The molecule has 3 aromatic carbocycles. The van der Waals surface area contributed by atoms with Crippen LogP contribution in [0.25, 0.3) is 6.08 Å². The predicted molar refractivity (Wildman–Crippen MR) is 122 cm³/mol. The van der Waals surface area contributed by atoms with Gasteiger partial charge in [0.25, 0.3) is 5.91 Å². The Morgan fingerprint density at radius 3 is 2.69 bits per heavy atom. The Hall–Kier alpha value is -3.82. The molecule has 162 valence electrons. The van der Waals surface area contributed by atoms with Crippen molar-refractivity contribution in [3.05, 3.63) is 93.8 Å². The fourth-order valence-corrected chi connectivity index (χ4v) is 3.08. The van der Waals surface area contributed by atoms with Crippen LogP contribution in [-0.4, -0.2) is 13.0 Å². The van der Waals surface area contributed by atoms with Crippen molar-refractivity contribution >= 4 is 29.3 Å². The summed E-state index contributed by atoms with van der Waals surface area (Å²) in [5, 5.41) is 12.8. The van der Waals surface area contributed by atoms with E-state index >= 15 is 0 Å². The molecule has 0 saturated heterocycles. The maximum Gasteiger partial charge on any atom is 0.266 e. The van der Waals surface area contributed by atoms with Gasteiger partial charge in [0.05, 0.1) is 7.11 Å². The van der Waals surface area contributed by atoms with Gasteiger partial charge in [0.1, 0.15) is 35.6 Å². The second kappa shape index (κ2) is 10.5. The van der Waals surface area contributed by atoms with Gasteiger partial charge >= 0.3 is 0 Å². The monoisotopic (exact) mass is 450 g/mol. The van der Waals surface area contributed by atoms with Crippen LogP contribution in [0, 0.1) is 24.1 Å². The van der Waals surface area contributed by atoms with Crippen molar-refractivity contribution in [1.82, 2.24) is 0 Å². The Labute approximate surface area is 190 Å². The van der Waals surface area contributed by atoms with Gasteiger partial charge in [-0.2, -0.15) is 5.26 Å². The number of benzene rings is 3. The highest BCUT2D eigenvalue weighted by Gasteiger charge is 2.14. The first-order valence-electron chi connectivity index (χ1n) is 9.65. The van der Waals surface area contributed by atoms with Crippen LogP contribution < -0.4 is 14.8 Å². The van der Waals surface area contributed by atoms with E-state index in [2.05, 4.69) is 5.32 Å². The Kier molecular flexibility index (Phi) is 7.48. The molecule has 0 atom stereocenters. The maximum absolute atomic E-state index is 13.5. The first kappa shape index (κ1) is 22.9. The van der Waals surface area contributed by atoms with Crippen molar-refractivity contribution < 1.29 is 18.7 Å². The number of carbonyl (C=O) groups excluding carboxylic acids is 1. The lowest BCUT2D eigenvalue weighted by Gasteiger charge is -2.12. The highest BCUT2D eigenvalue weighted by atomic mass is 35.5. The highest BCUT2D eigenvalue weighted by Crippen LogP contribution is 2.28. The van der Waals surface area contributed by atoms with Crippen LogP contribution in [0.3, 0.4) is 0 Å². The third-order valence-electron chi connectivity index (χ3n) is 4.68. The number of halogens is 2. The fraction of sp³-hybridized carbons (Fsp3) is 0.120. The zero-order valence-electron chi connectivity index (χ0n) is 17.5. The van der Waals surface area contributed by atoms with Gasteiger partial charge in [-0.25, -0.2) is 4.39 Å². The molecule has 3 aromatic rings. The van der Waals surface area contributed by atoms with E-state index in [4.69, 9.17) is 21.1 Å². The van der Waals surface area contributed by atoms with Crippen LogP contribution in [0.5, 0.6) is 11.5 Å². The molecule has 0 fully saturated rings. The van der Waals surface area contributed by atoms with E-state index in [1.54, 1.807) is 55.5 Å². The average Bonchev–Trinajstić information content (AvgIpc) is 2.79. The summed E-state index contributed by atoms with van der Waals surface area (Å²) < 4.78 is 24.6. The second-order valence-electron chi connectivity index (χ2n) is 6.86. The van der Waals surface area contributed by atoms with E-state index in [-0.39, 0.29) is 18.0 Å². The number of nitrogens with zero attached hydrogens (tertiary/aromatic N) is 1. The fourth-order valence-electron chi connectivity index (χ4n) is 2.91. The number of amides is 1. The predicted octanol–water partition coefficient (Wildman–Crippen LogP) is 5.92. The van der Waals surface area contributed by atoms with E-state index < -0.39 is 5.91 Å². The van der Waals surface area contributed by atoms with Crippen LogP contribution in [0.2, 0.25) is 5.02 Å². The number of ether oxygens (including phenoxy) is 2. The van der Waals surface area contributed by atoms with Crippen LogP contribution in [0.15, 0.2) is 66.2 Å². The Balaban J connectivity index is 1.88. The maximum atomic E-state index is 13.5. The van der Waals surface area contributed by atoms with Crippen LogP contribution >= 0.6 is 11.6 Å². The molecule has 0 spiro atoms. The summed E-state index contributed by atoms with van der Waals surface area (Å²) in [6.45, 7) is 1.87. The van der Waals surface area contributed by atoms with Gasteiger partial charge in [0.2, 0.25) is 0 Å². The Morgan fingerprint density at radius 2 is 1.97 bits per heavy atom. The SMILES string of the molecule is COc1ccc(/C=C(\C#N)C(=O)Nc2cccc(Cl)c2C)c(OCc2cccc(F)c2)c1. The third kappa shape index (κ3) is 5.65. The number of hydrogen-bond donors (Lipinski definition) is 1. The smallest absolute Gasteiger partial charge is 0.266 e. The van der Waals surface area contributed by atoms with Crippen molar-refractivity contribution in [3.63, 3.8) is 0 Å². The number of rotatable bonds is 7. The molecular weight excluding hydrogens is 431 g/mol. The molecule has 7 heteroatoms. The molecule has 0 aromatic heterocycles. The summed E-state index contributed by atoms with van der Waals surface area (Å²) in [5.41, 5.74) is 2.23. The zero-order chi connectivity index (χ0) is 23.1. The lowest BCUT2D eigenvalue weighted by molar-refractivity contribution is -0.112. The van der Waals surface area contributed by atoms with E-state index in [0.29, 0.717) is 38.9 Å². The molecule has 0 aliphatic carbocycles. The lowest BCUT2D eigenvalue weighted by atomic mass is 10.1. The van der Waals surface area contributed by atoms with Gasteiger partial charge in [-0.3, -0.25) is 4.79 Å². The van der Waals surface area contributed by atoms with Gasteiger partial charge in [-0.05, 0) is 60.5 Å². The number of anilines is 1. The lowest BCUT2D eigenvalue weighted by Crippen LogP contribution is -2.14. The summed E-state index contributed by atoms with van der Waals surface area (Å²) in [4.78, 5) is 12.7. The number of nitrogens with one attached hydrogen (secondary N) is 1. The second-order valence-corrected chi connectivity index (χ2v) is 7.27. The summed E-state index contributed by atoms with van der Waals surface area (Å²) in [6.07, 6.45) is 1.43. The van der Waals surface area contributed by atoms with Crippen LogP contribution in [0.4, 0.5) is 10.1 Å². The first-order valence-corrected chi connectivity index (χ1v) is 10.0. The highest BCUT2D eigenvalue weighted by molar-refractivity contribution is 6.31. The Morgan fingerprint density at radius 1 is 1.19 bits per heavy atom. The zero-order valence-corrected chi connectivity index (χ0v) is 18.2. The summed E-state index contributed by atoms with van der Waals surface area (Å²) in [7, 11) is 1.52. The van der Waals surface area contributed by atoms with Crippen LogP contribution in [-0.2, 0) is 11.4 Å². The standard InChI is InChI=1S/C25H20ClFN2O3/c1-16-22(26)7-4-8-23(16)29-25(30)19(14-28)12-18-9-10-21(31-2)13-24(18)32-15-17-5-3-6-20(27)11-17/h3-13H,15H2,1-2H3,(H,29,30)/b19-12+. The minimum Gasteiger partial charge on any atom is -0.497 e. The number of nitriles is 1. The minimum atomic E-state index is -0.579. The van der Waals surface area contributed by atoms with Gasteiger partial charge in [-0.15, -0.1) is 0 Å². The van der Waals surface area contributed by atoms with E-state index in [1.165, 1.54) is 25.3 Å². The van der Waals surface area contributed by atoms with Crippen molar-refractivity contribution in [3.8, 4) is 17.6 Å². The molecule has 3 rings (SSSR count). The first-order chi connectivity index (χ1) is 15.4. The Bertz CT molecular complexity index is 1220. The quantitative estimate of drug-likeness (QED) is 0.358. The van der Waals surface area contributed by atoms with Gasteiger partial charge < -0.3 is 14.8 Å². The van der Waals surface area contributed by atoms with Crippen molar-refractivity contribution in [2.24, 2.45) is 0 Å². The van der Waals surface area contributed by atoms with E-state index in [1.807, 2.05) is 6.07 Å².